The second-order valence-corrected chi connectivity index (χ2v) is 6.52. The van der Waals surface area contributed by atoms with E-state index < -0.39 is 0 Å². The van der Waals surface area contributed by atoms with E-state index in [0.717, 1.165) is 19.1 Å². The third-order valence-corrected chi connectivity index (χ3v) is 4.87. The molecule has 0 spiro atoms. The van der Waals surface area contributed by atoms with E-state index >= 15 is 0 Å². The smallest absolute Gasteiger partial charge is 0.0237 e. The van der Waals surface area contributed by atoms with Crippen LogP contribution in [-0.2, 0) is 6.54 Å². The van der Waals surface area contributed by atoms with Crippen molar-refractivity contribution in [3.63, 3.8) is 0 Å². The zero-order valence-corrected chi connectivity index (χ0v) is 13.1. The minimum Gasteiger partial charge on any atom is -0.314 e. The van der Waals surface area contributed by atoms with E-state index in [2.05, 4.69) is 46.6 Å². The van der Waals surface area contributed by atoms with Crippen LogP contribution in [0.5, 0.6) is 0 Å². The second kappa shape index (κ2) is 7.77. The van der Waals surface area contributed by atoms with Crippen molar-refractivity contribution in [2.45, 2.75) is 51.1 Å². The van der Waals surface area contributed by atoms with E-state index in [1.165, 1.54) is 57.2 Å². The van der Waals surface area contributed by atoms with Crippen LogP contribution < -0.4 is 5.32 Å². The van der Waals surface area contributed by atoms with Gasteiger partial charge in [0, 0.05) is 25.7 Å². The molecule has 0 bridgehead atoms. The number of nitrogens with zero attached hydrogens (tertiary/aromatic N) is 1. The Morgan fingerprint density at radius 1 is 1.10 bits per heavy atom. The molecule has 2 heteroatoms. The zero-order valence-electron chi connectivity index (χ0n) is 13.1. The third-order valence-electron chi connectivity index (χ3n) is 4.87. The lowest BCUT2D eigenvalue weighted by molar-refractivity contribution is 0.284. The molecule has 1 heterocycles. The summed E-state index contributed by atoms with van der Waals surface area (Å²) in [6, 6.07) is 11.6. The molecule has 2 aliphatic rings. The molecule has 1 aliphatic carbocycles. The Labute approximate surface area is 129 Å². The highest BCUT2D eigenvalue weighted by atomic mass is 15.1. The van der Waals surface area contributed by atoms with Crippen LogP contribution >= 0.6 is 0 Å². The summed E-state index contributed by atoms with van der Waals surface area (Å²) < 4.78 is 0. The van der Waals surface area contributed by atoms with E-state index in [4.69, 9.17) is 0 Å². The van der Waals surface area contributed by atoms with E-state index in [1.807, 2.05) is 0 Å². The van der Waals surface area contributed by atoms with E-state index in [1.54, 1.807) is 5.57 Å². The van der Waals surface area contributed by atoms with Gasteiger partial charge in [-0.25, -0.2) is 0 Å². The normalized spacial score (nSPS) is 20.7. The summed E-state index contributed by atoms with van der Waals surface area (Å²) in [7, 11) is 0. The fourth-order valence-corrected chi connectivity index (χ4v) is 3.53. The predicted molar refractivity (Wildman–Crippen MR) is 89.3 cm³/mol. The van der Waals surface area contributed by atoms with Crippen LogP contribution in [-0.4, -0.2) is 30.6 Å². The summed E-state index contributed by atoms with van der Waals surface area (Å²) in [6.45, 7) is 4.60. The Kier molecular flexibility index (Phi) is 5.47. The largest absolute Gasteiger partial charge is 0.314 e. The Balaban J connectivity index is 1.37. The molecule has 0 aromatic heterocycles. The van der Waals surface area contributed by atoms with Crippen molar-refractivity contribution < 1.29 is 0 Å². The van der Waals surface area contributed by atoms with Gasteiger partial charge in [-0.1, -0.05) is 54.8 Å². The van der Waals surface area contributed by atoms with E-state index in [-0.39, 0.29) is 0 Å². The number of benzene rings is 1. The van der Waals surface area contributed by atoms with Crippen LogP contribution in [0, 0.1) is 0 Å². The highest BCUT2D eigenvalue weighted by Gasteiger charge is 2.15. The van der Waals surface area contributed by atoms with Gasteiger partial charge in [-0.15, -0.1) is 0 Å². The molecule has 1 aliphatic heterocycles. The van der Waals surface area contributed by atoms with Gasteiger partial charge in [-0.2, -0.15) is 0 Å². The van der Waals surface area contributed by atoms with Crippen molar-refractivity contribution in [2.24, 2.45) is 0 Å². The highest BCUT2D eigenvalue weighted by molar-refractivity contribution is 5.15. The third kappa shape index (κ3) is 4.69. The van der Waals surface area contributed by atoms with Crippen LogP contribution in [0.4, 0.5) is 0 Å². The van der Waals surface area contributed by atoms with Gasteiger partial charge in [0.05, 0.1) is 0 Å². The standard InChI is InChI=1S/C19H28N2/c1-2-6-18(7-3-1)16-21-14-11-17(12-15-21)10-13-20-19-8-4-5-9-19/h1-3,6-7,11,19-20H,4-5,8-10,12-16H2. The number of hydrogen-bond donors (Lipinski definition) is 1. The molecule has 0 saturated heterocycles. The molecule has 0 amide bonds. The first-order valence-corrected chi connectivity index (χ1v) is 8.58. The summed E-state index contributed by atoms with van der Waals surface area (Å²) in [6.07, 6.45) is 10.6. The SMILES string of the molecule is C1=C(CCNC2CCCC2)CCN(Cc2ccccc2)C1. The van der Waals surface area contributed by atoms with Crippen molar-refractivity contribution in [1.29, 1.82) is 0 Å². The molecular formula is C19H28N2. The van der Waals surface area contributed by atoms with Crippen LogP contribution in [0.1, 0.15) is 44.1 Å². The zero-order chi connectivity index (χ0) is 14.3. The maximum Gasteiger partial charge on any atom is 0.0237 e. The molecule has 114 valence electrons. The van der Waals surface area contributed by atoms with Gasteiger partial charge in [0.25, 0.3) is 0 Å². The fraction of sp³-hybridized carbons (Fsp3) is 0.579. The van der Waals surface area contributed by atoms with Gasteiger partial charge in [-0.05, 0) is 37.8 Å². The summed E-state index contributed by atoms with van der Waals surface area (Å²) in [5.41, 5.74) is 3.09. The lowest BCUT2D eigenvalue weighted by Gasteiger charge is -2.26. The molecular weight excluding hydrogens is 256 g/mol. The first-order valence-electron chi connectivity index (χ1n) is 8.58. The van der Waals surface area contributed by atoms with Gasteiger partial charge >= 0.3 is 0 Å². The number of rotatable bonds is 6. The molecule has 1 fully saturated rings. The number of nitrogens with one attached hydrogen (secondary N) is 1. The topological polar surface area (TPSA) is 15.3 Å². The van der Waals surface area contributed by atoms with Gasteiger partial charge < -0.3 is 5.32 Å². The predicted octanol–water partition coefficient (Wildman–Crippen LogP) is 3.74. The molecule has 3 rings (SSSR count). The number of hydrogen-bond acceptors (Lipinski definition) is 2. The molecule has 21 heavy (non-hydrogen) atoms. The van der Waals surface area contributed by atoms with Crippen LogP contribution in [0.3, 0.4) is 0 Å². The molecule has 0 atom stereocenters. The monoisotopic (exact) mass is 284 g/mol. The average Bonchev–Trinajstić information content (AvgIpc) is 3.03. The van der Waals surface area contributed by atoms with Gasteiger partial charge in [0.1, 0.15) is 0 Å². The van der Waals surface area contributed by atoms with Gasteiger partial charge in [0.15, 0.2) is 0 Å². The maximum atomic E-state index is 3.73. The lowest BCUT2D eigenvalue weighted by Crippen LogP contribution is -2.30. The van der Waals surface area contributed by atoms with Crippen molar-refractivity contribution in [3.8, 4) is 0 Å². The molecule has 1 aromatic carbocycles. The minimum absolute atomic E-state index is 0.809. The molecule has 1 aromatic rings. The van der Waals surface area contributed by atoms with Crippen LogP contribution in [0.25, 0.3) is 0 Å². The second-order valence-electron chi connectivity index (χ2n) is 6.52. The quantitative estimate of drug-likeness (QED) is 0.801. The van der Waals surface area contributed by atoms with E-state index in [0.29, 0.717) is 0 Å². The van der Waals surface area contributed by atoms with Crippen molar-refractivity contribution >= 4 is 0 Å². The van der Waals surface area contributed by atoms with Crippen molar-refractivity contribution in [2.75, 3.05) is 19.6 Å². The van der Waals surface area contributed by atoms with Gasteiger partial charge in [-0.3, -0.25) is 4.90 Å². The molecule has 1 N–H and O–H groups in total. The van der Waals surface area contributed by atoms with Crippen LogP contribution in [0.2, 0.25) is 0 Å². The first kappa shape index (κ1) is 14.8. The highest BCUT2D eigenvalue weighted by Crippen LogP contribution is 2.19. The molecule has 0 radical (unpaired) electrons. The Hall–Kier alpha value is -1.12. The summed E-state index contributed by atoms with van der Waals surface area (Å²) in [4.78, 5) is 2.54. The molecule has 1 saturated carbocycles. The Bertz CT molecular complexity index is 446. The van der Waals surface area contributed by atoms with Crippen molar-refractivity contribution in [1.82, 2.24) is 10.2 Å². The molecule has 2 nitrogen and oxygen atoms in total. The van der Waals surface area contributed by atoms with E-state index in [9.17, 15) is 0 Å². The maximum absolute atomic E-state index is 3.73. The minimum atomic E-state index is 0.809. The Morgan fingerprint density at radius 3 is 2.62 bits per heavy atom. The average molecular weight is 284 g/mol. The Morgan fingerprint density at radius 2 is 1.90 bits per heavy atom. The van der Waals surface area contributed by atoms with Gasteiger partial charge in [0.2, 0.25) is 0 Å². The van der Waals surface area contributed by atoms with Crippen molar-refractivity contribution in [3.05, 3.63) is 47.5 Å². The first-order chi connectivity index (χ1) is 10.4. The summed E-state index contributed by atoms with van der Waals surface area (Å²) in [5.74, 6) is 0. The molecule has 0 unspecified atom stereocenters. The fourth-order valence-electron chi connectivity index (χ4n) is 3.53. The summed E-state index contributed by atoms with van der Waals surface area (Å²) >= 11 is 0. The lowest BCUT2D eigenvalue weighted by atomic mass is 10.0. The summed E-state index contributed by atoms with van der Waals surface area (Å²) in [5, 5.41) is 3.73. The van der Waals surface area contributed by atoms with Crippen LogP contribution in [0.15, 0.2) is 42.0 Å².